The van der Waals surface area contributed by atoms with Crippen LogP contribution in [0, 0.1) is 6.92 Å². The van der Waals surface area contributed by atoms with Crippen LogP contribution in [0.4, 0.5) is 5.69 Å². The van der Waals surface area contributed by atoms with Crippen LogP contribution in [0.2, 0.25) is 5.02 Å². The number of anilines is 1. The van der Waals surface area contributed by atoms with Crippen molar-refractivity contribution in [2.75, 3.05) is 31.1 Å². The summed E-state index contributed by atoms with van der Waals surface area (Å²) < 4.78 is 11.4. The standard InChI is InChI=1S/C23H23ClN2O3/c1-17-7-8-18(24)15-21(17)25-11-13-26(14-12-25)23(27)22-10-9-20(29-22)16-28-19-5-3-2-4-6-19/h2-10,15H,11-14,16H2,1H3. The summed E-state index contributed by atoms with van der Waals surface area (Å²) in [5.74, 6) is 1.66. The van der Waals surface area contributed by atoms with Gasteiger partial charge in [-0.25, -0.2) is 0 Å². The number of piperazine rings is 1. The molecule has 1 aliphatic heterocycles. The third-order valence-electron chi connectivity index (χ3n) is 5.08. The number of amides is 1. The number of carbonyl (C=O) groups excluding carboxylic acids is 1. The van der Waals surface area contributed by atoms with E-state index in [9.17, 15) is 4.79 Å². The molecule has 5 nitrogen and oxygen atoms in total. The van der Waals surface area contributed by atoms with Crippen molar-refractivity contribution in [2.45, 2.75) is 13.5 Å². The number of hydrogen-bond donors (Lipinski definition) is 0. The van der Waals surface area contributed by atoms with E-state index in [2.05, 4.69) is 11.8 Å². The number of para-hydroxylation sites is 1. The summed E-state index contributed by atoms with van der Waals surface area (Å²) in [6, 6.07) is 19.0. The summed E-state index contributed by atoms with van der Waals surface area (Å²) in [5.41, 5.74) is 2.31. The molecule has 1 saturated heterocycles. The van der Waals surface area contributed by atoms with E-state index in [0.29, 0.717) is 31.2 Å². The maximum Gasteiger partial charge on any atom is 0.289 e. The van der Waals surface area contributed by atoms with Gasteiger partial charge in [-0.1, -0.05) is 35.9 Å². The zero-order valence-corrected chi connectivity index (χ0v) is 17.1. The molecule has 0 N–H and O–H groups in total. The fourth-order valence-corrected chi connectivity index (χ4v) is 3.64. The maximum atomic E-state index is 12.8. The first kappa shape index (κ1) is 19.4. The lowest BCUT2D eigenvalue weighted by molar-refractivity contribution is 0.0710. The van der Waals surface area contributed by atoms with E-state index in [1.54, 1.807) is 12.1 Å². The quantitative estimate of drug-likeness (QED) is 0.607. The van der Waals surface area contributed by atoms with E-state index in [1.807, 2.05) is 53.4 Å². The van der Waals surface area contributed by atoms with Crippen LogP contribution in [-0.4, -0.2) is 37.0 Å². The average molecular weight is 411 g/mol. The lowest BCUT2D eigenvalue weighted by atomic mass is 10.1. The van der Waals surface area contributed by atoms with Gasteiger partial charge in [0.2, 0.25) is 0 Å². The number of carbonyl (C=O) groups is 1. The minimum Gasteiger partial charge on any atom is -0.486 e. The van der Waals surface area contributed by atoms with Gasteiger partial charge >= 0.3 is 0 Å². The van der Waals surface area contributed by atoms with Crippen molar-refractivity contribution in [1.29, 1.82) is 0 Å². The molecule has 0 saturated carbocycles. The number of nitrogens with zero attached hydrogens (tertiary/aromatic N) is 2. The number of ether oxygens (including phenoxy) is 1. The van der Waals surface area contributed by atoms with E-state index in [1.165, 1.54) is 5.56 Å². The Morgan fingerprint density at radius 3 is 2.55 bits per heavy atom. The Labute approximate surface area is 175 Å². The second-order valence-corrected chi connectivity index (χ2v) is 7.51. The molecule has 6 heteroatoms. The lowest BCUT2D eigenvalue weighted by Gasteiger charge is -2.36. The van der Waals surface area contributed by atoms with Crippen LogP contribution >= 0.6 is 11.6 Å². The first-order valence-electron chi connectivity index (χ1n) is 9.67. The molecule has 1 aromatic heterocycles. The van der Waals surface area contributed by atoms with Crippen LogP contribution in [0.5, 0.6) is 5.75 Å². The number of benzene rings is 2. The Hall–Kier alpha value is -2.92. The van der Waals surface area contributed by atoms with Gasteiger partial charge in [-0.05, 0) is 48.9 Å². The molecule has 150 valence electrons. The first-order chi connectivity index (χ1) is 14.1. The van der Waals surface area contributed by atoms with Gasteiger partial charge in [-0.3, -0.25) is 4.79 Å². The average Bonchev–Trinajstić information content (AvgIpc) is 3.23. The third kappa shape index (κ3) is 4.57. The van der Waals surface area contributed by atoms with E-state index < -0.39 is 0 Å². The summed E-state index contributed by atoms with van der Waals surface area (Å²) in [6.07, 6.45) is 0. The Morgan fingerprint density at radius 2 is 1.79 bits per heavy atom. The number of furan rings is 1. The fraction of sp³-hybridized carbons (Fsp3) is 0.261. The second kappa shape index (κ2) is 8.62. The van der Waals surface area contributed by atoms with Crippen molar-refractivity contribution in [3.8, 4) is 5.75 Å². The molecule has 1 fully saturated rings. The van der Waals surface area contributed by atoms with Crippen LogP contribution in [0.1, 0.15) is 21.9 Å². The number of rotatable bonds is 5. The molecular formula is C23H23ClN2O3. The molecule has 0 radical (unpaired) electrons. The zero-order valence-electron chi connectivity index (χ0n) is 16.3. The molecule has 0 aliphatic carbocycles. The van der Waals surface area contributed by atoms with Gasteiger partial charge in [0.05, 0.1) is 0 Å². The Morgan fingerprint density at radius 1 is 1.03 bits per heavy atom. The highest BCUT2D eigenvalue weighted by molar-refractivity contribution is 6.30. The molecule has 2 heterocycles. The molecule has 0 bridgehead atoms. The second-order valence-electron chi connectivity index (χ2n) is 7.08. The van der Waals surface area contributed by atoms with E-state index in [0.717, 1.165) is 29.5 Å². The Bertz CT molecular complexity index is 979. The van der Waals surface area contributed by atoms with Crippen LogP contribution in [-0.2, 0) is 6.61 Å². The smallest absolute Gasteiger partial charge is 0.289 e. The Kier molecular flexibility index (Phi) is 5.76. The molecule has 4 rings (SSSR count). The monoisotopic (exact) mass is 410 g/mol. The molecule has 1 aliphatic rings. The maximum absolute atomic E-state index is 12.8. The highest BCUT2D eigenvalue weighted by Crippen LogP contribution is 2.25. The topological polar surface area (TPSA) is 45.9 Å². The first-order valence-corrected chi connectivity index (χ1v) is 10.0. The SMILES string of the molecule is Cc1ccc(Cl)cc1N1CCN(C(=O)c2ccc(COc3ccccc3)o2)CC1. The van der Waals surface area contributed by atoms with Crippen LogP contribution < -0.4 is 9.64 Å². The van der Waals surface area contributed by atoms with E-state index in [-0.39, 0.29) is 5.91 Å². The van der Waals surface area contributed by atoms with E-state index in [4.69, 9.17) is 20.8 Å². The lowest BCUT2D eigenvalue weighted by Crippen LogP contribution is -2.48. The number of aryl methyl sites for hydroxylation is 1. The van der Waals surface area contributed by atoms with Crippen LogP contribution in [0.15, 0.2) is 65.1 Å². The van der Waals surface area contributed by atoms with Gasteiger partial charge in [-0.15, -0.1) is 0 Å². The molecule has 3 aromatic rings. The van der Waals surface area contributed by atoms with Crippen molar-refractivity contribution in [3.63, 3.8) is 0 Å². The van der Waals surface area contributed by atoms with Gasteiger partial charge in [0.25, 0.3) is 5.91 Å². The van der Waals surface area contributed by atoms with Crippen molar-refractivity contribution in [1.82, 2.24) is 4.90 Å². The minimum absolute atomic E-state index is 0.0848. The summed E-state index contributed by atoms with van der Waals surface area (Å²) in [6.45, 7) is 5.17. The molecule has 2 aromatic carbocycles. The highest BCUT2D eigenvalue weighted by atomic mass is 35.5. The normalized spacial score (nSPS) is 14.1. The highest BCUT2D eigenvalue weighted by Gasteiger charge is 2.25. The largest absolute Gasteiger partial charge is 0.486 e. The van der Waals surface area contributed by atoms with Crippen LogP contribution in [0.25, 0.3) is 0 Å². The Balaban J connectivity index is 1.34. The summed E-state index contributed by atoms with van der Waals surface area (Å²) in [7, 11) is 0. The molecule has 1 amide bonds. The predicted molar refractivity (Wildman–Crippen MR) is 114 cm³/mol. The zero-order chi connectivity index (χ0) is 20.2. The number of hydrogen-bond acceptors (Lipinski definition) is 4. The van der Waals surface area contributed by atoms with Crippen molar-refractivity contribution < 1.29 is 13.9 Å². The molecular weight excluding hydrogens is 388 g/mol. The summed E-state index contributed by atoms with van der Waals surface area (Å²) >= 11 is 6.15. The molecule has 0 spiro atoms. The minimum atomic E-state index is -0.0848. The van der Waals surface area contributed by atoms with Gasteiger partial charge in [-0.2, -0.15) is 0 Å². The van der Waals surface area contributed by atoms with Gasteiger partial charge < -0.3 is 19.0 Å². The molecule has 0 atom stereocenters. The van der Waals surface area contributed by atoms with E-state index >= 15 is 0 Å². The van der Waals surface area contributed by atoms with Crippen molar-refractivity contribution in [2.24, 2.45) is 0 Å². The van der Waals surface area contributed by atoms with Crippen molar-refractivity contribution >= 4 is 23.2 Å². The van der Waals surface area contributed by atoms with Gasteiger partial charge in [0.15, 0.2) is 5.76 Å². The molecule has 0 unspecified atom stereocenters. The van der Waals surface area contributed by atoms with Gasteiger partial charge in [0.1, 0.15) is 18.1 Å². The van der Waals surface area contributed by atoms with Gasteiger partial charge in [0, 0.05) is 36.9 Å². The predicted octanol–water partition coefficient (Wildman–Crippen LogP) is 4.78. The summed E-state index contributed by atoms with van der Waals surface area (Å²) in [4.78, 5) is 16.9. The van der Waals surface area contributed by atoms with Crippen LogP contribution in [0.3, 0.4) is 0 Å². The third-order valence-corrected chi connectivity index (χ3v) is 5.31. The number of halogens is 1. The molecule has 29 heavy (non-hydrogen) atoms. The van der Waals surface area contributed by atoms with Crippen molar-refractivity contribution in [3.05, 3.63) is 82.8 Å². The fourth-order valence-electron chi connectivity index (χ4n) is 3.47. The summed E-state index contributed by atoms with van der Waals surface area (Å²) in [5, 5.41) is 0.727.